The van der Waals surface area contributed by atoms with E-state index in [-0.39, 0.29) is 5.84 Å². The maximum Gasteiger partial charge on any atom is 0.130 e. The molecule has 2 aromatic rings. The maximum atomic E-state index is 7.55. The maximum absolute atomic E-state index is 7.55. The van der Waals surface area contributed by atoms with E-state index in [2.05, 4.69) is 0 Å². The van der Waals surface area contributed by atoms with Crippen LogP contribution in [-0.2, 0) is 0 Å². The summed E-state index contributed by atoms with van der Waals surface area (Å²) in [4.78, 5) is 0. The van der Waals surface area contributed by atoms with Gasteiger partial charge in [0.2, 0.25) is 0 Å². The van der Waals surface area contributed by atoms with Crippen molar-refractivity contribution in [3.05, 3.63) is 59.7 Å². The van der Waals surface area contributed by atoms with Gasteiger partial charge in [0.1, 0.15) is 30.5 Å². The van der Waals surface area contributed by atoms with Gasteiger partial charge in [0, 0.05) is 0 Å². The number of nitrogen functional groups attached to an aromatic ring is 1. The van der Waals surface area contributed by atoms with Crippen LogP contribution in [-0.4, -0.2) is 19.0 Å². The minimum atomic E-state index is 0.00711. The fraction of sp³-hybridized carbons (Fsp3) is 0.188. The van der Waals surface area contributed by atoms with E-state index in [0.717, 1.165) is 11.3 Å². The zero-order chi connectivity index (χ0) is 14.4. The third-order valence-electron chi connectivity index (χ3n) is 2.78. The summed E-state index contributed by atoms with van der Waals surface area (Å²) < 4.78 is 11.2. The Labute approximate surface area is 118 Å². The molecule has 0 aromatic heterocycles. The molecular formula is C16H18N2O2. The minimum Gasteiger partial charge on any atom is -0.490 e. The minimum absolute atomic E-state index is 0.00711. The summed E-state index contributed by atoms with van der Waals surface area (Å²) in [5.41, 5.74) is 7.21. The first-order chi connectivity index (χ1) is 9.66. The lowest BCUT2D eigenvalue weighted by molar-refractivity contribution is 0.217. The van der Waals surface area contributed by atoms with E-state index in [0.29, 0.717) is 24.5 Å². The van der Waals surface area contributed by atoms with Crippen LogP contribution in [0, 0.1) is 12.3 Å². The van der Waals surface area contributed by atoms with Crippen LogP contribution in [0.1, 0.15) is 11.1 Å². The molecule has 4 heteroatoms. The Kier molecular flexibility index (Phi) is 4.60. The molecule has 2 rings (SSSR count). The highest BCUT2D eigenvalue weighted by molar-refractivity contribution is 5.97. The second-order valence-corrected chi connectivity index (χ2v) is 4.42. The van der Waals surface area contributed by atoms with Crippen molar-refractivity contribution in [1.29, 1.82) is 5.41 Å². The van der Waals surface area contributed by atoms with Crippen molar-refractivity contribution >= 4 is 5.84 Å². The first-order valence-corrected chi connectivity index (χ1v) is 6.42. The van der Waals surface area contributed by atoms with Crippen LogP contribution < -0.4 is 15.2 Å². The van der Waals surface area contributed by atoms with E-state index in [1.807, 2.05) is 55.5 Å². The van der Waals surface area contributed by atoms with Crippen LogP contribution >= 0.6 is 0 Å². The monoisotopic (exact) mass is 270 g/mol. The zero-order valence-electron chi connectivity index (χ0n) is 11.4. The summed E-state index contributed by atoms with van der Waals surface area (Å²) >= 11 is 0. The molecule has 0 aliphatic heterocycles. The number of ether oxygens (including phenoxy) is 2. The molecule has 4 nitrogen and oxygen atoms in total. The Morgan fingerprint density at radius 1 is 1.05 bits per heavy atom. The summed E-state index contributed by atoms with van der Waals surface area (Å²) in [5.74, 6) is 1.43. The first-order valence-electron chi connectivity index (χ1n) is 6.42. The molecule has 0 atom stereocenters. The molecule has 0 unspecified atom stereocenters. The van der Waals surface area contributed by atoms with Crippen LogP contribution in [0.4, 0.5) is 0 Å². The molecule has 0 fully saturated rings. The summed E-state index contributed by atoms with van der Waals surface area (Å²) in [6.45, 7) is 2.79. The van der Waals surface area contributed by atoms with Gasteiger partial charge in [-0.1, -0.05) is 29.8 Å². The Bertz CT molecular complexity index is 582. The fourth-order valence-electron chi connectivity index (χ4n) is 1.81. The highest BCUT2D eigenvalue weighted by atomic mass is 16.5. The van der Waals surface area contributed by atoms with E-state index in [1.165, 1.54) is 0 Å². The van der Waals surface area contributed by atoms with Gasteiger partial charge in [-0.25, -0.2) is 0 Å². The summed E-state index contributed by atoms with van der Waals surface area (Å²) in [7, 11) is 0. The van der Waals surface area contributed by atoms with Gasteiger partial charge in [0.05, 0.1) is 5.56 Å². The number of nitrogens with two attached hydrogens (primary N) is 1. The Morgan fingerprint density at radius 2 is 1.75 bits per heavy atom. The number of para-hydroxylation sites is 1. The topological polar surface area (TPSA) is 68.3 Å². The molecule has 3 N–H and O–H groups in total. The molecule has 0 saturated carbocycles. The molecule has 0 aliphatic carbocycles. The number of nitrogens with one attached hydrogen (secondary N) is 1. The number of hydrogen-bond acceptors (Lipinski definition) is 3. The molecule has 0 saturated heterocycles. The Hall–Kier alpha value is -2.49. The lowest BCUT2D eigenvalue weighted by Gasteiger charge is -2.12. The van der Waals surface area contributed by atoms with Gasteiger partial charge < -0.3 is 15.2 Å². The predicted molar refractivity (Wildman–Crippen MR) is 79.6 cm³/mol. The quantitative estimate of drug-likeness (QED) is 0.482. The molecule has 0 radical (unpaired) electrons. The third-order valence-corrected chi connectivity index (χ3v) is 2.78. The van der Waals surface area contributed by atoms with E-state index >= 15 is 0 Å². The molecule has 0 bridgehead atoms. The summed E-state index contributed by atoms with van der Waals surface area (Å²) in [6.07, 6.45) is 0. The average Bonchev–Trinajstić information content (AvgIpc) is 2.45. The van der Waals surface area contributed by atoms with Gasteiger partial charge in [-0.2, -0.15) is 0 Å². The van der Waals surface area contributed by atoms with Crippen molar-refractivity contribution in [2.45, 2.75) is 6.92 Å². The van der Waals surface area contributed by atoms with Gasteiger partial charge in [0.15, 0.2) is 0 Å². The van der Waals surface area contributed by atoms with Crippen molar-refractivity contribution in [3.8, 4) is 11.5 Å². The Balaban J connectivity index is 1.90. The number of amidine groups is 1. The molecule has 20 heavy (non-hydrogen) atoms. The van der Waals surface area contributed by atoms with Crippen molar-refractivity contribution in [2.75, 3.05) is 13.2 Å². The van der Waals surface area contributed by atoms with E-state index in [1.54, 1.807) is 0 Å². The lowest BCUT2D eigenvalue weighted by atomic mass is 10.1. The van der Waals surface area contributed by atoms with Crippen LogP contribution in [0.15, 0.2) is 48.5 Å². The normalized spacial score (nSPS) is 10.1. The van der Waals surface area contributed by atoms with Gasteiger partial charge in [-0.15, -0.1) is 0 Å². The molecule has 0 amide bonds. The summed E-state index contributed by atoms with van der Waals surface area (Å²) in [5, 5.41) is 7.55. The second-order valence-electron chi connectivity index (χ2n) is 4.42. The van der Waals surface area contributed by atoms with Crippen molar-refractivity contribution in [2.24, 2.45) is 5.73 Å². The van der Waals surface area contributed by atoms with Gasteiger partial charge in [0.25, 0.3) is 0 Å². The molecule has 0 heterocycles. The van der Waals surface area contributed by atoms with E-state index in [4.69, 9.17) is 20.6 Å². The molecular weight excluding hydrogens is 252 g/mol. The van der Waals surface area contributed by atoms with Gasteiger partial charge in [-0.3, -0.25) is 5.41 Å². The smallest absolute Gasteiger partial charge is 0.130 e. The second kappa shape index (κ2) is 6.61. The standard InChI is InChI=1S/C16H18N2O2/c1-12-7-8-15(14(11-12)16(17)18)20-10-9-19-13-5-3-2-4-6-13/h2-8,11H,9-10H2,1H3,(H3,17,18). The van der Waals surface area contributed by atoms with Crippen molar-refractivity contribution in [3.63, 3.8) is 0 Å². The van der Waals surface area contributed by atoms with Crippen LogP contribution in [0.3, 0.4) is 0 Å². The zero-order valence-corrected chi connectivity index (χ0v) is 11.4. The number of hydrogen-bond donors (Lipinski definition) is 2. The first kappa shape index (κ1) is 13.9. The SMILES string of the molecule is Cc1ccc(OCCOc2ccccc2)c(C(=N)N)c1. The number of rotatable bonds is 6. The molecule has 2 aromatic carbocycles. The number of benzene rings is 2. The molecule has 0 aliphatic rings. The largest absolute Gasteiger partial charge is 0.490 e. The fourth-order valence-corrected chi connectivity index (χ4v) is 1.81. The highest BCUT2D eigenvalue weighted by Gasteiger charge is 2.06. The molecule has 104 valence electrons. The third kappa shape index (κ3) is 3.75. The van der Waals surface area contributed by atoms with Crippen LogP contribution in [0.5, 0.6) is 11.5 Å². The number of aryl methyl sites for hydroxylation is 1. The van der Waals surface area contributed by atoms with E-state index in [9.17, 15) is 0 Å². The van der Waals surface area contributed by atoms with Gasteiger partial charge >= 0.3 is 0 Å². The van der Waals surface area contributed by atoms with Crippen molar-refractivity contribution in [1.82, 2.24) is 0 Å². The summed E-state index contributed by atoms with van der Waals surface area (Å²) in [6, 6.07) is 15.2. The average molecular weight is 270 g/mol. The van der Waals surface area contributed by atoms with Gasteiger partial charge in [-0.05, 0) is 31.2 Å². The van der Waals surface area contributed by atoms with E-state index < -0.39 is 0 Å². The Morgan fingerprint density at radius 3 is 2.45 bits per heavy atom. The predicted octanol–water partition coefficient (Wildman–Crippen LogP) is 2.74. The lowest BCUT2D eigenvalue weighted by Crippen LogP contribution is -2.15. The molecule has 0 spiro atoms. The van der Waals surface area contributed by atoms with Crippen LogP contribution in [0.2, 0.25) is 0 Å². The van der Waals surface area contributed by atoms with Crippen molar-refractivity contribution < 1.29 is 9.47 Å². The highest BCUT2D eigenvalue weighted by Crippen LogP contribution is 2.19. The van der Waals surface area contributed by atoms with Crippen LogP contribution in [0.25, 0.3) is 0 Å².